The summed E-state index contributed by atoms with van der Waals surface area (Å²) in [5.41, 5.74) is 2.59. The molecule has 0 saturated heterocycles. The van der Waals surface area contributed by atoms with Crippen molar-refractivity contribution in [3.63, 3.8) is 0 Å². The zero-order valence-electron chi connectivity index (χ0n) is 9.23. The van der Waals surface area contributed by atoms with Crippen LogP contribution in [0.2, 0.25) is 0 Å². The van der Waals surface area contributed by atoms with Crippen molar-refractivity contribution < 1.29 is 4.79 Å². The number of amides is 2. The third kappa shape index (κ3) is 1.72. The van der Waals surface area contributed by atoms with Gasteiger partial charge in [-0.05, 0) is 24.6 Å². The Bertz CT molecular complexity index is 463. The minimum atomic E-state index is -0.135. The predicted octanol–water partition coefficient (Wildman–Crippen LogP) is 2.76. The summed E-state index contributed by atoms with van der Waals surface area (Å²) in [7, 11) is 0. The second-order valence-electron chi connectivity index (χ2n) is 3.55. The molecule has 0 saturated carbocycles. The van der Waals surface area contributed by atoms with E-state index in [9.17, 15) is 4.79 Å². The minimum absolute atomic E-state index is 0.135. The number of urea groups is 1. The molecule has 3 heteroatoms. The molecular formula is C13H14N2O. The Morgan fingerprint density at radius 1 is 1.38 bits per heavy atom. The predicted molar refractivity (Wildman–Crippen MR) is 66.2 cm³/mol. The molecule has 1 aromatic carbocycles. The summed E-state index contributed by atoms with van der Waals surface area (Å²) in [6.45, 7) is 6.38. The highest BCUT2D eigenvalue weighted by Gasteiger charge is 2.21. The van der Waals surface area contributed by atoms with Gasteiger partial charge in [0, 0.05) is 12.2 Å². The van der Waals surface area contributed by atoms with E-state index in [0.29, 0.717) is 12.2 Å². The van der Waals surface area contributed by atoms with Crippen LogP contribution < -0.4 is 10.2 Å². The number of fused-ring (bicyclic) bond motifs is 1. The highest BCUT2D eigenvalue weighted by Crippen LogP contribution is 2.29. The summed E-state index contributed by atoms with van der Waals surface area (Å²) in [5, 5.41) is 2.78. The van der Waals surface area contributed by atoms with Crippen molar-refractivity contribution in [3.8, 4) is 0 Å². The van der Waals surface area contributed by atoms with Crippen molar-refractivity contribution in [2.75, 3.05) is 11.4 Å². The maximum Gasteiger partial charge on any atom is 0.326 e. The van der Waals surface area contributed by atoms with Crippen LogP contribution in [0, 0.1) is 0 Å². The van der Waals surface area contributed by atoms with Gasteiger partial charge >= 0.3 is 6.03 Å². The Morgan fingerprint density at radius 3 is 2.88 bits per heavy atom. The van der Waals surface area contributed by atoms with Crippen LogP contribution >= 0.6 is 0 Å². The normalized spacial score (nSPS) is 13.6. The second kappa shape index (κ2) is 4.23. The molecule has 0 atom stereocenters. The Labute approximate surface area is 95.1 Å². The van der Waals surface area contributed by atoms with Gasteiger partial charge in [0.05, 0.1) is 5.69 Å². The van der Waals surface area contributed by atoms with Crippen molar-refractivity contribution in [2.45, 2.75) is 6.92 Å². The molecule has 1 aromatic rings. The number of allylic oxidation sites excluding steroid dienone is 1. The first-order chi connectivity index (χ1) is 7.74. The van der Waals surface area contributed by atoms with E-state index in [-0.39, 0.29) is 6.03 Å². The van der Waals surface area contributed by atoms with Crippen molar-refractivity contribution in [1.29, 1.82) is 0 Å². The fourth-order valence-electron chi connectivity index (χ4n) is 1.72. The number of para-hydroxylation sites is 1. The first-order valence-corrected chi connectivity index (χ1v) is 5.28. The van der Waals surface area contributed by atoms with Crippen LogP contribution in [0.3, 0.4) is 0 Å². The van der Waals surface area contributed by atoms with Gasteiger partial charge in [-0.3, -0.25) is 4.90 Å². The molecule has 0 spiro atoms. The van der Waals surface area contributed by atoms with Crippen LogP contribution in [-0.4, -0.2) is 12.6 Å². The average molecular weight is 214 g/mol. The third-order valence-corrected chi connectivity index (χ3v) is 2.45. The quantitative estimate of drug-likeness (QED) is 0.766. The van der Waals surface area contributed by atoms with E-state index < -0.39 is 0 Å². The Kier molecular flexibility index (Phi) is 2.77. The van der Waals surface area contributed by atoms with Gasteiger partial charge in [-0.2, -0.15) is 0 Å². The largest absolute Gasteiger partial charge is 0.338 e. The number of nitrogens with zero attached hydrogens (tertiary/aromatic N) is 1. The fourth-order valence-corrected chi connectivity index (χ4v) is 1.72. The molecular weight excluding hydrogens is 200 g/mol. The van der Waals surface area contributed by atoms with Gasteiger partial charge in [0.2, 0.25) is 0 Å². The molecule has 0 radical (unpaired) electrons. The highest BCUT2D eigenvalue weighted by molar-refractivity contribution is 5.99. The second-order valence-corrected chi connectivity index (χ2v) is 3.55. The summed E-state index contributed by atoms with van der Waals surface area (Å²) in [4.78, 5) is 13.5. The molecule has 16 heavy (non-hydrogen) atoms. The van der Waals surface area contributed by atoms with E-state index in [4.69, 9.17) is 0 Å². The molecule has 82 valence electrons. The van der Waals surface area contributed by atoms with Crippen molar-refractivity contribution in [3.05, 3.63) is 48.2 Å². The van der Waals surface area contributed by atoms with Crippen molar-refractivity contribution >= 4 is 17.8 Å². The summed E-state index contributed by atoms with van der Waals surface area (Å²) in [6, 6.07) is 7.62. The number of anilines is 1. The Balaban J connectivity index is 2.41. The minimum Gasteiger partial charge on any atom is -0.338 e. The molecule has 0 fully saturated rings. The lowest BCUT2D eigenvalue weighted by Crippen LogP contribution is -2.39. The van der Waals surface area contributed by atoms with Gasteiger partial charge in [-0.1, -0.05) is 30.9 Å². The average Bonchev–Trinajstić information content (AvgIpc) is 2.29. The number of carbonyl (C=O) groups excluding carboxylic acids is 1. The maximum atomic E-state index is 11.9. The van der Waals surface area contributed by atoms with Gasteiger partial charge in [0.25, 0.3) is 0 Å². The molecule has 2 amide bonds. The number of rotatable bonds is 1. The molecule has 2 rings (SSSR count). The van der Waals surface area contributed by atoms with Crippen molar-refractivity contribution in [1.82, 2.24) is 5.32 Å². The Hall–Kier alpha value is -2.03. The standard InChI is InChI=1S/C13H14N2O/c1-3-14-13(16)15-10(2)8-9-11-6-4-5-7-12(11)15/h4-9H,2-3H2,1H3,(H,14,16). The first-order valence-electron chi connectivity index (χ1n) is 5.28. The zero-order chi connectivity index (χ0) is 11.5. The summed E-state index contributed by atoms with van der Waals surface area (Å²) in [6.07, 6.45) is 3.81. The van der Waals surface area contributed by atoms with Gasteiger partial charge in [-0.15, -0.1) is 0 Å². The number of nitrogens with one attached hydrogen (secondary N) is 1. The molecule has 1 N–H and O–H groups in total. The van der Waals surface area contributed by atoms with Crippen LogP contribution in [0.5, 0.6) is 0 Å². The monoisotopic (exact) mass is 214 g/mol. The molecule has 3 nitrogen and oxygen atoms in total. The highest BCUT2D eigenvalue weighted by atomic mass is 16.2. The Morgan fingerprint density at radius 2 is 2.12 bits per heavy atom. The third-order valence-electron chi connectivity index (χ3n) is 2.45. The van der Waals surface area contributed by atoms with Crippen LogP contribution in [-0.2, 0) is 0 Å². The van der Waals surface area contributed by atoms with Crippen LogP contribution in [0.15, 0.2) is 42.6 Å². The van der Waals surface area contributed by atoms with Crippen molar-refractivity contribution in [2.24, 2.45) is 0 Å². The van der Waals surface area contributed by atoms with E-state index in [2.05, 4.69) is 11.9 Å². The maximum absolute atomic E-state index is 11.9. The number of benzene rings is 1. The van der Waals surface area contributed by atoms with Crippen LogP contribution in [0.1, 0.15) is 12.5 Å². The molecule has 1 heterocycles. The van der Waals surface area contributed by atoms with Crippen LogP contribution in [0.4, 0.5) is 10.5 Å². The fraction of sp³-hybridized carbons (Fsp3) is 0.154. The number of hydrogen-bond acceptors (Lipinski definition) is 1. The van der Waals surface area contributed by atoms with Gasteiger partial charge in [-0.25, -0.2) is 4.79 Å². The zero-order valence-corrected chi connectivity index (χ0v) is 9.23. The lowest BCUT2D eigenvalue weighted by Gasteiger charge is -2.27. The van der Waals surface area contributed by atoms with E-state index in [1.165, 1.54) is 0 Å². The van der Waals surface area contributed by atoms with Gasteiger partial charge in [0.1, 0.15) is 0 Å². The molecule has 1 aliphatic rings. The summed E-state index contributed by atoms with van der Waals surface area (Å²) < 4.78 is 0. The van der Waals surface area contributed by atoms with E-state index in [0.717, 1.165) is 11.3 Å². The van der Waals surface area contributed by atoms with Crippen LogP contribution in [0.25, 0.3) is 6.08 Å². The van der Waals surface area contributed by atoms with Gasteiger partial charge < -0.3 is 5.32 Å². The number of hydrogen-bond donors (Lipinski definition) is 1. The topological polar surface area (TPSA) is 32.3 Å². The molecule has 0 aromatic heterocycles. The molecule has 0 unspecified atom stereocenters. The summed E-state index contributed by atoms with van der Waals surface area (Å²) in [5.74, 6) is 0. The lowest BCUT2D eigenvalue weighted by atomic mass is 10.1. The van der Waals surface area contributed by atoms with E-state index in [1.807, 2.05) is 43.3 Å². The SMILES string of the molecule is C=C1C=Cc2ccccc2N1C(=O)NCC. The molecule has 0 aliphatic carbocycles. The summed E-state index contributed by atoms with van der Waals surface area (Å²) >= 11 is 0. The van der Waals surface area contributed by atoms with E-state index >= 15 is 0 Å². The van der Waals surface area contributed by atoms with E-state index in [1.54, 1.807) is 4.90 Å². The number of carbonyl (C=O) groups is 1. The smallest absolute Gasteiger partial charge is 0.326 e. The molecule has 1 aliphatic heterocycles. The lowest BCUT2D eigenvalue weighted by molar-refractivity contribution is 0.248. The first kappa shape index (κ1) is 10.5. The molecule has 0 bridgehead atoms. The van der Waals surface area contributed by atoms with Gasteiger partial charge in [0.15, 0.2) is 0 Å².